The summed E-state index contributed by atoms with van der Waals surface area (Å²) in [6.07, 6.45) is 6.42. The Bertz CT molecular complexity index is 305. The van der Waals surface area contributed by atoms with E-state index in [2.05, 4.69) is 5.32 Å². The van der Waals surface area contributed by atoms with Gasteiger partial charge in [-0.05, 0) is 45.1 Å². The van der Waals surface area contributed by atoms with Gasteiger partial charge >= 0.3 is 0 Å². The molecule has 0 aromatic heterocycles. The van der Waals surface area contributed by atoms with E-state index in [0.29, 0.717) is 19.1 Å². The van der Waals surface area contributed by atoms with Crippen LogP contribution in [0.5, 0.6) is 0 Å². The average Bonchev–Trinajstić information content (AvgIpc) is 2.98. The number of nitrogens with one attached hydrogen (secondary N) is 1. The molecular weight excluding hydrogens is 256 g/mol. The van der Waals surface area contributed by atoms with Crippen molar-refractivity contribution in [3.05, 3.63) is 0 Å². The summed E-state index contributed by atoms with van der Waals surface area (Å²) in [4.78, 5) is 12.2. The van der Waals surface area contributed by atoms with Crippen molar-refractivity contribution in [3.63, 3.8) is 0 Å². The SMILES string of the molecule is CC(OCC1CCCO1)C(=O)NC1CCCCC1CN. The van der Waals surface area contributed by atoms with Crippen molar-refractivity contribution >= 4 is 5.91 Å². The quantitative estimate of drug-likeness (QED) is 0.769. The van der Waals surface area contributed by atoms with Crippen molar-refractivity contribution in [3.8, 4) is 0 Å². The lowest BCUT2D eigenvalue weighted by molar-refractivity contribution is -0.135. The van der Waals surface area contributed by atoms with Crippen LogP contribution in [0, 0.1) is 5.92 Å². The first kappa shape index (κ1) is 15.7. The number of amides is 1. The first-order valence-corrected chi connectivity index (χ1v) is 7.94. The smallest absolute Gasteiger partial charge is 0.249 e. The van der Waals surface area contributed by atoms with Gasteiger partial charge in [0.05, 0.1) is 12.7 Å². The molecule has 1 heterocycles. The van der Waals surface area contributed by atoms with E-state index in [1.165, 1.54) is 12.8 Å². The van der Waals surface area contributed by atoms with Gasteiger partial charge in [0, 0.05) is 12.6 Å². The second-order valence-corrected chi connectivity index (χ2v) is 6.01. The van der Waals surface area contributed by atoms with Crippen LogP contribution in [0.25, 0.3) is 0 Å². The third-order valence-electron chi connectivity index (χ3n) is 4.46. The van der Waals surface area contributed by atoms with Crippen LogP contribution < -0.4 is 11.1 Å². The lowest BCUT2D eigenvalue weighted by Crippen LogP contribution is -2.48. The van der Waals surface area contributed by atoms with Crippen LogP contribution in [0.1, 0.15) is 45.4 Å². The fourth-order valence-electron chi connectivity index (χ4n) is 3.08. The first-order chi connectivity index (χ1) is 9.70. The molecule has 5 nitrogen and oxygen atoms in total. The maximum absolute atomic E-state index is 12.2. The van der Waals surface area contributed by atoms with Crippen LogP contribution in [-0.2, 0) is 14.3 Å². The summed E-state index contributed by atoms with van der Waals surface area (Å²) in [6.45, 7) is 3.79. The maximum Gasteiger partial charge on any atom is 0.249 e. The van der Waals surface area contributed by atoms with E-state index in [1.54, 1.807) is 0 Å². The minimum absolute atomic E-state index is 0.0200. The molecule has 1 aliphatic heterocycles. The van der Waals surface area contributed by atoms with Crippen molar-refractivity contribution in [2.45, 2.75) is 63.7 Å². The number of carbonyl (C=O) groups is 1. The van der Waals surface area contributed by atoms with Crippen LogP contribution in [0.2, 0.25) is 0 Å². The van der Waals surface area contributed by atoms with E-state index in [1.807, 2.05) is 6.92 Å². The molecule has 0 bridgehead atoms. The monoisotopic (exact) mass is 284 g/mol. The molecule has 1 aliphatic carbocycles. The minimum atomic E-state index is -0.417. The molecule has 1 saturated carbocycles. The Labute approximate surface area is 121 Å². The zero-order chi connectivity index (χ0) is 14.4. The van der Waals surface area contributed by atoms with Gasteiger partial charge in [0.15, 0.2) is 0 Å². The van der Waals surface area contributed by atoms with E-state index in [4.69, 9.17) is 15.2 Å². The number of nitrogens with two attached hydrogens (primary N) is 1. The van der Waals surface area contributed by atoms with Gasteiger partial charge in [0.1, 0.15) is 6.10 Å². The summed E-state index contributed by atoms with van der Waals surface area (Å²) in [5.41, 5.74) is 5.79. The van der Waals surface area contributed by atoms with Crippen molar-refractivity contribution < 1.29 is 14.3 Å². The standard InChI is InChI=1S/C15H28N2O3/c1-11(20-10-13-6-4-8-19-13)15(18)17-14-7-3-2-5-12(14)9-16/h11-14H,2-10,16H2,1H3,(H,17,18). The van der Waals surface area contributed by atoms with E-state index in [9.17, 15) is 4.79 Å². The summed E-state index contributed by atoms with van der Waals surface area (Å²) >= 11 is 0. The lowest BCUT2D eigenvalue weighted by atomic mass is 9.84. The van der Waals surface area contributed by atoms with E-state index in [-0.39, 0.29) is 18.1 Å². The highest BCUT2D eigenvalue weighted by atomic mass is 16.5. The van der Waals surface area contributed by atoms with Gasteiger partial charge in [-0.1, -0.05) is 12.8 Å². The zero-order valence-corrected chi connectivity index (χ0v) is 12.5. The molecule has 0 aromatic carbocycles. The molecule has 2 fully saturated rings. The van der Waals surface area contributed by atoms with Crippen molar-refractivity contribution in [2.75, 3.05) is 19.8 Å². The Kier molecular flexibility index (Phi) is 6.26. The van der Waals surface area contributed by atoms with Gasteiger partial charge < -0.3 is 20.5 Å². The maximum atomic E-state index is 12.2. The van der Waals surface area contributed by atoms with Crippen molar-refractivity contribution in [1.29, 1.82) is 0 Å². The first-order valence-electron chi connectivity index (χ1n) is 7.94. The summed E-state index contributed by atoms with van der Waals surface area (Å²) in [6, 6.07) is 0.218. The normalized spacial score (nSPS) is 32.0. The molecule has 2 aliphatic rings. The minimum Gasteiger partial charge on any atom is -0.376 e. The second-order valence-electron chi connectivity index (χ2n) is 6.01. The molecule has 20 heavy (non-hydrogen) atoms. The second kappa shape index (κ2) is 7.96. The van der Waals surface area contributed by atoms with E-state index in [0.717, 1.165) is 32.3 Å². The third kappa shape index (κ3) is 4.43. The average molecular weight is 284 g/mol. The molecule has 3 N–H and O–H groups in total. The molecule has 2 rings (SSSR count). The van der Waals surface area contributed by atoms with Gasteiger partial charge in [0.25, 0.3) is 0 Å². The van der Waals surface area contributed by atoms with Crippen LogP contribution in [0.3, 0.4) is 0 Å². The fourth-order valence-corrected chi connectivity index (χ4v) is 3.08. The Morgan fingerprint density at radius 3 is 2.85 bits per heavy atom. The predicted octanol–water partition coefficient (Wildman–Crippen LogP) is 1.20. The highest BCUT2D eigenvalue weighted by molar-refractivity contribution is 5.80. The van der Waals surface area contributed by atoms with E-state index >= 15 is 0 Å². The molecule has 5 heteroatoms. The number of hydrogen-bond acceptors (Lipinski definition) is 4. The van der Waals surface area contributed by atoms with Crippen molar-refractivity contribution in [2.24, 2.45) is 11.7 Å². The Morgan fingerprint density at radius 2 is 2.15 bits per heavy atom. The molecular formula is C15H28N2O3. The van der Waals surface area contributed by atoms with Gasteiger partial charge in [-0.2, -0.15) is 0 Å². The topological polar surface area (TPSA) is 73.6 Å². The lowest BCUT2D eigenvalue weighted by Gasteiger charge is -2.32. The van der Waals surface area contributed by atoms with Gasteiger partial charge in [-0.25, -0.2) is 0 Å². The van der Waals surface area contributed by atoms with Crippen LogP contribution in [-0.4, -0.2) is 43.9 Å². The summed E-state index contributed by atoms with van der Waals surface area (Å²) < 4.78 is 11.1. The number of ether oxygens (including phenoxy) is 2. The summed E-state index contributed by atoms with van der Waals surface area (Å²) in [7, 11) is 0. The molecule has 116 valence electrons. The molecule has 1 amide bonds. The van der Waals surface area contributed by atoms with Crippen LogP contribution in [0.4, 0.5) is 0 Å². The van der Waals surface area contributed by atoms with Gasteiger partial charge in [-0.15, -0.1) is 0 Å². The van der Waals surface area contributed by atoms with Crippen LogP contribution >= 0.6 is 0 Å². The largest absolute Gasteiger partial charge is 0.376 e. The molecule has 4 unspecified atom stereocenters. The van der Waals surface area contributed by atoms with Crippen LogP contribution in [0.15, 0.2) is 0 Å². The van der Waals surface area contributed by atoms with Crippen molar-refractivity contribution in [1.82, 2.24) is 5.32 Å². The Hall–Kier alpha value is -0.650. The fraction of sp³-hybridized carbons (Fsp3) is 0.933. The zero-order valence-electron chi connectivity index (χ0n) is 12.5. The molecule has 4 atom stereocenters. The van der Waals surface area contributed by atoms with Gasteiger partial charge in [-0.3, -0.25) is 4.79 Å². The summed E-state index contributed by atoms with van der Waals surface area (Å²) in [5, 5.41) is 3.11. The highest BCUT2D eigenvalue weighted by Gasteiger charge is 2.27. The highest BCUT2D eigenvalue weighted by Crippen LogP contribution is 2.23. The third-order valence-corrected chi connectivity index (χ3v) is 4.46. The number of rotatable bonds is 6. The predicted molar refractivity (Wildman–Crippen MR) is 77.3 cm³/mol. The molecule has 1 saturated heterocycles. The van der Waals surface area contributed by atoms with Gasteiger partial charge in [0.2, 0.25) is 5.91 Å². The Balaban J connectivity index is 1.71. The Morgan fingerprint density at radius 1 is 1.35 bits per heavy atom. The number of hydrogen-bond donors (Lipinski definition) is 2. The molecule has 0 aromatic rings. The number of carbonyl (C=O) groups excluding carboxylic acids is 1. The molecule has 0 spiro atoms. The summed E-state index contributed by atoms with van der Waals surface area (Å²) in [5.74, 6) is 0.395. The molecule has 0 radical (unpaired) electrons. The van der Waals surface area contributed by atoms with E-state index < -0.39 is 6.10 Å².